The molecule has 0 saturated heterocycles. The number of aromatic nitrogens is 2. The molecule has 150 valence electrons. The van der Waals surface area contributed by atoms with Crippen LogP contribution in [0.5, 0.6) is 0 Å². The van der Waals surface area contributed by atoms with E-state index in [0.717, 1.165) is 15.6 Å². The predicted molar refractivity (Wildman–Crippen MR) is 122 cm³/mol. The van der Waals surface area contributed by atoms with E-state index in [9.17, 15) is 9.59 Å². The number of nitrogens with zero attached hydrogens (tertiary/aromatic N) is 1. The van der Waals surface area contributed by atoms with Gasteiger partial charge in [-0.3, -0.25) is 9.59 Å². The van der Waals surface area contributed by atoms with Crippen LogP contribution in [-0.4, -0.2) is 15.9 Å². The number of carbonyl (C=O) groups is 1. The molecule has 1 heterocycles. The van der Waals surface area contributed by atoms with Gasteiger partial charge in [0.15, 0.2) is 5.16 Å². The first-order valence-electron chi connectivity index (χ1n) is 9.21. The van der Waals surface area contributed by atoms with Crippen molar-refractivity contribution in [3.05, 3.63) is 85.7 Å². The molecule has 0 fully saturated rings. The summed E-state index contributed by atoms with van der Waals surface area (Å²) in [5.41, 5.74) is 3.55. The average molecular weight is 472 g/mol. The van der Waals surface area contributed by atoms with Crippen molar-refractivity contribution in [1.82, 2.24) is 9.97 Å². The number of anilines is 1. The molecular formula is C22H22BrN3O2S. The summed E-state index contributed by atoms with van der Waals surface area (Å²) in [4.78, 5) is 32.3. The van der Waals surface area contributed by atoms with Gasteiger partial charge in [-0.25, -0.2) is 4.98 Å². The molecule has 0 saturated carbocycles. The molecule has 3 aromatic rings. The molecule has 1 aromatic heterocycles. The number of thioether (sulfide) groups is 1. The van der Waals surface area contributed by atoms with E-state index in [4.69, 9.17) is 0 Å². The summed E-state index contributed by atoms with van der Waals surface area (Å²) in [6.07, 6.45) is -0.0253. The molecule has 29 heavy (non-hydrogen) atoms. The minimum Gasteiger partial charge on any atom is -0.326 e. The first-order valence-corrected chi connectivity index (χ1v) is 10.9. The van der Waals surface area contributed by atoms with E-state index < -0.39 is 0 Å². The lowest BCUT2D eigenvalue weighted by molar-refractivity contribution is -0.115. The predicted octanol–water partition coefficient (Wildman–Crippen LogP) is 5.18. The number of amides is 1. The minimum absolute atomic E-state index is 0.0253. The van der Waals surface area contributed by atoms with Gasteiger partial charge < -0.3 is 10.3 Å². The quantitative estimate of drug-likeness (QED) is 0.383. The molecule has 1 atom stereocenters. The lowest BCUT2D eigenvalue weighted by Crippen LogP contribution is -2.23. The Balaban J connectivity index is 1.71. The van der Waals surface area contributed by atoms with Crippen molar-refractivity contribution in [3.63, 3.8) is 0 Å². The summed E-state index contributed by atoms with van der Waals surface area (Å²) in [6, 6.07) is 15.6. The van der Waals surface area contributed by atoms with Crippen LogP contribution in [-0.2, 0) is 11.2 Å². The van der Waals surface area contributed by atoms with Gasteiger partial charge in [0.25, 0.3) is 5.56 Å². The molecule has 0 aliphatic carbocycles. The molecule has 2 N–H and O–H groups in total. The van der Waals surface area contributed by atoms with Gasteiger partial charge in [-0.05, 0) is 50.1 Å². The van der Waals surface area contributed by atoms with Crippen LogP contribution < -0.4 is 10.9 Å². The Kier molecular flexibility index (Phi) is 6.92. The molecule has 0 aliphatic heterocycles. The summed E-state index contributed by atoms with van der Waals surface area (Å²) < 4.78 is 0.977. The second kappa shape index (κ2) is 9.41. The van der Waals surface area contributed by atoms with Crippen LogP contribution >= 0.6 is 27.7 Å². The molecule has 0 aliphatic rings. The summed E-state index contributed by atoms with van der Waals surface area (Å²) >= 11 is 4.92. The Morgan fingerprint density at radius 3 is 2.59 bits per heavy atom. The molecule has 5 nitrogen and oxygen atoms in total. The van der Waals surface area contributed by atoms with Gasteiger partial charge in [-0.2, -0.15) is 0 Å². The van der Waals surface area contributed by atoms with Crippen LogP contribution in [0.2, 0.25) is 0 Å². The lowest BCUT2D eigenvalue weighted by Gasteiger charge is -2.12. The van der Waals surface area contributed by atoms with Crippen LogP contribution in [0.25, 0.3) is 0 Å². The zero-order valence-corrected chi connectivity index (χ0v) is 18.9. The van der Waals surface area contributed by atoms with Crippen LogP contribution in [0.1, 0.15) is 34.6 Å². The molecule has 1 unspecified atom stereocenters. The molecule has 1 amide bonds. The van der Waals surface area contributed by atoms with Gasteiger partial charge in [0.2, 0.25) is 5.91 Å². The standard InChI is InChI=1S/C22H22BrN3O2S/c1-13-11-17(9-10-19(13)23)25-20(27)12-18-14(2)24-22(26-21(18)28)29-15(3)16-7-5-4-6-8-16/h4-11,15H,12H2,1-3H3,(H,25,27)(H,24,26,28). The second-order valence-corrected chi connectivity index (χ2v) is 8.98. The maximum absolute atomic E-state index is 12.6. The fourth-order valence-electron chi connectivity index (χ4n) is 2.90. The van der Waals surface area contributed by atoms with Crippen molar-refractivity contribution < 1.29 is 4.79 Å². The Morgan fingerprint density at radius 1 is 1.21 bits per heavy atom. The maximum Gasteiger partial charge on any atom is 0.255 e. The van der Waals surface area contributed by atoms with Crippen LogP contribution in [0.4, 0.5) is 5.69 Å². The molecule has 7 heteroatoms. The highest BCUT2D eigenvalue weighted by atomic mass is 79.9. The Morgan fingerprint density at radius 2 is 1.93 bits per heavy atom. The molecule has 0 bridgehead atoms. The summed E-state index contributed by atoms with van der Waals surface area (Å²) in [5.74, 6) is -0.250. The number of H-pyrrole nitrogens is 1. The van der Waals surface area contributed by atoms with Crippen LogP contribution in [0, 0.1) is 13.8 Å². The first-order chi connectivity index (χ1) is 13.8. The van der Waals surface area contributed by atoms with E-state index in [0.29, 0.717) is 22.1 Å². The Hall–Kier alpha value is -2.38. The molecule has 3 rings (SSSR count). The van der Waals surface area contributed by atoms with Gasteiger partial charge >= 0.3 is 0 Å². The van der Waals surface area contributed by atoms with E-state index in [1.54, 1.807) is 6.92 Å². The topological polar surface area (TPSA) is 74.8 Å². The SMILES string of the molecule is Cc1cc(NC(=O)Cc2c(C)nc(SC(C)c3ccccc3)[nH]c2=O)ccc1Br. The normalized spacial score (nSPS) is 11.9. The summed E-state index contributed by atoms with van der Waals surface area (Å²) in [5, 5.41) is 3.53. The van der Waals surface area contributed by atoms with Crippen molar-refractivity contribution in [1.29, 1.82) is 0 Å². The molecular weight excluding hydrogens is 450 g/mol. The molecule has 0 spiro atoms. The van der Waals surface area contributed by atoms with Gasteiger partial charge in [-0.15, -0.1) is 0 Å². The van der Waals surface area contributed by atoms with Crippen molar-refractivity contribution in [2.24, 2.45) is 0 Å². The fraction of sp³-hybridized carbons (Fsp3) is 0.227. The molecule has 0 radical (unpaired) electrons. The van der Waals surface area contributed by atoms with E-state index in [1.807, 2.05) is 55.5 Å². The van der Waals surface area contributed by atoms with Crippen molar-refractivity contribution >= 4 is 39.3 Å². The van der Waals surface area contributed by atoms with Crippen molar-refractivity contribution in [2.75, 3.05) is 5.32 Å². The van der Waals surface area contributed by atoms with E-state index in [1.165, 1.54) is 11.8 Å². The van der Waals surface area contributed by atoms with Gasteiger partial charge in [-0.1, -0.05) is 58.0 Å². The number of hydrogen-bond acceptors (Lipinski definition) is 4. The number of rotatable bonds is 6. The maximum atomic E-state index is 12.6. The highest BCUT2D eigenvalue weighted by Crippen LogP contribution is 2.32. The fourth-order valence-corrected chi connectivity index (χ4v) is 4.11. The third-order valence-electron chi connectivity index (χ3n) is 4.54. The lowest BCUT2D eigenvalue weighted by atomic mass is 10.1. The van der Waals surface area contributed by atoms with Gasteiger partial charge in [0.1, 0.15) is 0 Å². The Labute approximate surface area is 182 Å². The number of hydrogen-bond donors (Lipinski definition) is 2. The van der Waals surface area contributed by atoms with Crippen LogP contribution in [0.15, 0.2) is 63.0 Å². The van der Waals surface area contributed by atoms with E-state index in [2.05, 4.69) is 38.1 Å². The monoisotopic (exact) mass is 471 g/mol. The largest absolute Gasteiger partial charge is 0.326 e. The number of nitrogens with one attached hydrogen (secondary N) is 2. The third-order valence-corrected chi connectivity index (χ3v) is 6.47. The highest BCUT2D eigenvalue weighted by Gasteiger charge is 2.15. The number of carbonyl (C=O) groups excluding carboxylic acids is 1. The highest BCUT2D eigenvalue weighted by molar-refractivity contribution is 9.10. The van der Waals surface area contributed by atoms with E-state index >= 15 is 0 Å². The number of aryl methyl sites for hydroxylation is 2. The minimum atomic E-state index is -0.276. The second-order valence-electron chi connectivity index (χ2n) is 6.79. The van der Waals surface area contributed by atoms with Crippen LogP contribution in [0.3, 0.4) is 0 Å². The smallest absolute Gasteiger partial charge is 0.255 e. The average Bonchev–Trinajstić information content (AvgIpc) is 2.68. The molecule has 2 aromatic carbocycles. The summed E-state index contributed by atoms with van der Waals surface area (Å²) in [7, 11) is 0. The van der Waals surface area contributed by atoms with Gasteiger partial charge in [0.05, 0.1) is 6.42 Å². The summed E-state index contributed by atoms with van der Waals surface area (Å²) in [6.45, 7) is 5.78. The Bertz CT molecular complexity index is 1080. The van der Waals surface area contributed by atoms with Crippen molar-refractivity contribution in [2.45, 2.75) is 37.6 Å². The zero-order chi connectivity index (χ0) is 21.0. The number of aromatic amines is 1. The number of benzene rings is 2. The van der Waals surface area contributed by atoms with E-state index in [-0.39, 0.29) is 23.1 Å². The first kappa shape index (κ1) is 21.3. The zero-order valence-electron chi connectivity index (χ0n) is 16.5. The number of halogens is 1. The van der Waals surface area contributed by atoms with Gasteiger partial charge in [0, 0.05) is 26.7 Å². The van der Waals surface area contributed by atoms with Crippen molar-refractivity contribution in [3.8, 4) is 0 Å². The third kappa shape index (κ3) is 5.58.